The van der Waals surface area contributed by atoms with Gasteiger partial charge in [-0.1, -0.05) is 0 Å². The molecular formula is C11H12F3N3O3S. The van der Waals surface area contributed by atoms with Crippen molar-refractivity contribution in [2.24, 2.45) is 0 Å². The lowest BCUT2D eigenvalue weighted by molar-refractivity contribution is -0.148. The topological polar surface area (TPSA) is 82.5 Å². The summed E-state index contributed by atoms with van der Waals surface area (Å²) in [7, 11) is 0. The van der Waals surface area contributed by atoms with Crippen molar-refractivity contribution in [3.8, 4) is 0 Å². The summed E-state index contributed by atoms with van der Waals surface area (Å²) < 4.78 is 37.0. The van der Waals surface area contributed by atoms with Gasteiger partial charge in [-0.2, -0.15) is 13.2 Å². The first-order valence-corrected chi connectivity index (χ1v) is 6.92. The largest absolute Gasteiger partial charge is 0.480 e. The summed E-state index contributed by atoms with van der Waals surface area (Å²) in [4.78, 5) is 26.6. The molecule has 0 spiro atoms. The average Bonchev–Trinajstić information content (AvgIpc) is 3.07. The minimum atomic E-state index is -4.67. The molecule has 2 amide bonds. The fraction of sp³-hybridized carbons (Fsp3) is 0.545. The predicted molar refractivity (Wildman–Crippen MR) is 68.4 cm³/mol. The number of hydrogen-bond acceptors (Lipinski definition) is 4. The van der Waals surface area contributed by atoms with Gasteiger partial charge in [0, 0.05) is 11.3 Å². The molecule has 2 rings (SSSR count). The zero-order valence-electron chi connectivity index (χ0n) is 10.7. The summed E-state index contributed by atoms with van der Waals surface area (Å²) in [5.74, 6) is -1.16. The normalized spacial score (nSPS) is 14.8. The molecule has 21 heavy (non-hydrogen) atoms. The summed E-state index contributed by atoms with van der Waals surface area (Å²) in [5.41, 5.74) is 0.802. The third kappa shape index (κ3) is 4.88. The number of urea groups is 1. The molecule has 0 atom stereocenters. The Morgan fingerprint density at radius 2 is 2.14 bits per heavy atom. The minimum Gasteiger partial charge on any atom is -0.480 e. The van der Waals surface area contributed by atoms with E-state index >= 15 is 0 Å². The number of alkyl halides is 3. The summed E-state index contributed by atoms with van der Waals surface area (Å²) in [5, 5.41) is 12.7. The third-order valence-electron chi connectivity index (χ3n) is 2.71. The van der Waals surface area contributed by atoms with Crippen LogP contribution in [0.1, 0.15) is 24.5 Å². The molecule has 1 aliphatic carbocycles. The smallest absolute Gasteiger partial charge is 0.406 e. The molecule has 1 heterocycles. The maximum atomic E-state index is 12.3. The number of carboxylic acids is 1. The second-order valence-corrected chi connectivity index (χ2v) is 5.51. The van der Waals surface area contributed by atoms with Gasteiger partial charge in [0.05, 0.1) is 5.69 Å². The Bertz CT molecular complexity index is 542. The number of amides is 2. The third-order valence-corrected chi connectivity index (χ3v) is 3.49. The van der Waals surface area contributed by atoms with E-state index in [4.69, 9.17) is 5.11 Å². The number of hydrogen-bond donors (Lipinski definition) is 2. The van der Waals surface area contributed by atoms with Crippen LogP contribution in [-0.4, -0.2) is 46.3 Å². The number of rotatable bonds is 5. The first kappa shape index (κ1) is 15.5. The van der Waals surface area contributed by atoms with Crippen molar-refractivity contribution in [3.05, 3.63) is 11.1 Å². The number of carbonyl (C=O) groups excluding carboxylic acids is 1. The summed E-state index contributed by atoms with van der Waals surface area (Å²) in [6.45, 7) is -2.67. The lowest BCUT2D eigenvalue weighted by Crippen LogP contribution is -2.44. The van der Waals surface area contributed by atoms with Crippen molar-refractivity contribution < 1.29 is 27.9 Å². The van der Waals surface area contributed by atoms with E-state index in [9.17, 15) is 22.8 Å². The van der Waals surface area contributed by atoms with Crippen LogP contribution in [0.2, 0.25) is 0 Å². The Labute approximate surface area is 121 Å². The van der Waals surface area contributed by atoms with Crippen LogP contribution < -0.4 is 5.32 Å². The number of aliphatic carboxylic acids is 1. The van der Waals surface area contributed by atoms with Gasteiger partial charge in [0.15, 0.2) is 5.13 Å². The van der Waals surface area contributed by atoms with Gasteiger partial charge in [-0.05, 0) is 12.8 Å². The van der Waals surface area contributed by atoms with Gasteiger partial charge < -0.3 is 10.0 Å². The van der Waals surface area contributed by atoms with Gasteiger partial charge in [0.1, 0.15) is 13.1 Å². The molecule has 0 unspecified atom stereocenters. The number of aromatic nitrogens is 1. The van der Waals surface area contributed by atoms with Crippen LogP contribution in [0, 0.1) is 0 Å². The van der Waals surface area contributed by atoms with Crippen molar-refractivity contribution in [3.63, 3.8) is 0 Å². The Balaban J connectivity index is 2.00. The van der Waals surface area contributed by atoms with E-state index in [1.165, 1.54) is 0 Å². The van der Waals surface area contributed by atoms with Gasteiger partial charge in [-0.15, -0.1) is 11.3 Å². The molecule has 6 nitrogen and oxygen atoms in total. The highest BCUT2D eigenvalue weighted by molar-refractivity contribution is 7.13. The molecule has 1 aliphatic rings. The Morgan fingerprint density at radius 3 is 2.67 bits per heavy atom. The molecule has 2 N–H and O–H groups in total. The molecule has 0 aromatic carbocycles. The first-order chi connectivity index (χ1) is 9.74. The fourth-order valence-electron chi connectivity index (χ4n) is 1.66. The molecule has 116 valence electrons. The van der Waals surface area contributed by atoms with E-state index in [2.05, 4.69) is 10.3 Å². The first-order valence-electron chi connectivity index (χ1n) is 6.04. The number of carboxylic acid groups (broad SMARTS) is 1. The van der Waals surface area contributed by atoms with Crippen molar-refractivity contribution >= 4 is 28.5 Å². The van der Waals surface area contributed by atoms with Crippen molar-refractivity contribution in [1.29, 1.82) is 0 Å². The quantitative estimate of drug-likeness (QED) is 0.872. The van der Waals surface area contributed by atoms with Gasteiger partial charge in [-0.25, -0.2) is 9.78 Å². The van der Waals surface area contributed by atoms with Crippen LogP contribution in [0.3, 0.4) is 0 Å². The van der Waals surface area contributed by atoms with Crippen LogP contribution in [0.25, 0.3) is 0 Å². The number of anilines is 1. The lowest BCUT2D eigenvalue weighted by Gasteiger charge is -2.21. The van der Waals surface area contributed by atoms with Gasteiger partial charge in [0.25, 0.3) is 0 Å². The highest BCUT2D eigenvalue weighted by atomic mass is 32.1. The fourth-order valence-corrected chi connectivity index (χ4v) is 2.44. The Morgan fingerprint density at radius 1 is 1.48 bits per heavy atom. The van der Waals surface area contributed by atoms with Gasteiger partial charge in [0.2, 0.25) is 0 Å². The highest BCUT2D eigenvalue weighted by Crippen LogP contribution is 2.40. The number of nitrogens with one attached hydrogen (secondary N) is 1. The maximum Gasteiger partial charge on any atom is 0.406 e. The van der Waals surface area contributed by atoms with E-state index in [1.807, 2.05) is 0 Å². The average molecular weight is 323 g/mol. The molecule has 10 heteroatoms. The van der Waals surface area contributed by atoms with E-state index in [1.54, 1.807) is 5.38 Å². The summed E-state index contributed by atoms with van der Waals surface area (Å²) in [6, 6.07) is -1.13. The van der Waals surface area contributed by atoms with E-state index in [-0.39, 0.29) is 10.0 Å². The van der Waals surface area contributed by atoms with Crippen LogP contribution in [0.5, 0.6) is 0 Å². The lowest BCUT2D eigenvalue weighted by atomic mass is 10.3. The SMILES string of the molecule is O=C(O)CN(CC(F)(F)F)C(=O)Nc1nc(C2CC2)cs1. The molecular weight excluding hydrogens is 311 g/mol. The van der Waals surface area contributed by atoms with Crippen LogP contribution in [0.4, 0.5) is 23.1 Å². The van der Waals surface area contributed by atoms with E-state index in [0.717, 1.165) is 29.9 Å². The van der Waals surface area contributed by atoms with Crippen LogP contribution in [-0.2, 0) is 4.79 Å². The molecule has 1 aromatic rings. The molecule has 1 aromatic heterocycles. The number of carbonyl (C=O) groups is 2. The van der Waals surface area contributed by atoms with Crippen LogP contribution >= 0.6 is 11.3 Å². The second kappa shape index (κ2) is 5.88. The van der Waals surface area contributed by atoms with Crippen molar-refractivity contribution in [2.75, 3.05) is 18.4 Å². The molecule has 1 fully saturated rings. The second-order valence-electron chi connectivity index (χ2n) is 4.65. The van der Waals surface area contributed by atoms with E-state index in [0.29, 0.717) is 5.92 Å². The Hall–Kier alpha value is -1.84. The Kier molecular flexibility index (Phi) is 4.35. The molecule has 1 saturated carbocycles. The van der Waals surface area contributed by atoms with Crippen molar-refractivity contribution in [2.45, 2.75) is 24.9 Å². The zero-order chi connectivity index (χ0) is 15.6. The molecule has 0 saturated heterocycles. The van der Waals surface area contributed by atoms with Crippen LogP contribution in [0.15, 0.2) is 5.38 Å². The molecule has 0 radical (unpaired) electrons. The van der Waals surface area contributed by atoms with Gasteiger partial charge >= 0.3 is 18.2 Å². The van der Waals surface area contributed by atoms with Gasteiger partial charge in [-0.3, -0.25) is 10.1 Å². The van der Waals surface area contributed by atoms with E-state index < -0.39 is 31.3 Å². The summed E-state index contributed by atoms with van der Waals surface area (Å²) in [6.07, 6.45) is -2.65. The predicted octanol–water partition coefficient (Wildman–Crippen LogP) is 2.50. The monoisotopic (exact) mass is 323 g/mol. The highest BCUT2D eigenvalue weighted by Gasteiger charge is 2.34. The number of halogens is 3. The number of thiazole rings is 1. The zero-order valence-corrected chi connectivity index (χ0v) is 11.5. The maximum absolute atomic E-state index is 12.3. The standard InChI is InChI=1S/C11H12F3N3O3S/c12-11(13,14)5-17(3-8(18)19)10(20)16-9-15-7(4-21-9)6-1-2-6/h4,6H,1-3,5H2,(H,18,19)(H,15,16,20). The minimum absolute atomic E-state index is 0.166. The molecule has 0 aliphatic heterocycles. The number of nitrogens with zero attached hydrogens (tertiary/aromatic N) is 2. The molecule has 0 bridgehead atoms. The summed E-state index contributed by atoms with van der Waals surface area (Å²) >= 11 is 1.10. The van der Waals surface area contributed by atoms with Crippen molar-refractivity contribution in [1.82, 2.24) is 9.88 Å².